The first-order valence-electron chi connectivity index (χ1n) is 8.04. The third-order valence-electron chi connectivity index (χ3n) is 4.44. The van der Waals surface area contributed by atoms with Gasteiger partial charge in [-0.05, 0) is 25.5 Å². The molecule has 5 nitrogen and oxygen atoms in total. The number of aliphatic imine (C=N–C) groups is 1. The van der Waals surface area contributed by atoms with Gasteiger partial charge in [0.2, 0.25) is 18.3 Å². The van der Waals surface area contributed by atoms with Crippen LogP contribution < -0.4 is 18.9 Å². The Labute approximate surface area is 154 Å². The maximum absolute atomic E-state index is 5.72. The van der Waals surface area contributed by atoms with Crippen LogP contribution >= 0.6 is 15.9 Å². The summed E-state index contributed by atoms with van der Waals surface area (Å²) in [4.78, 5) is 4.90. The van der Waals surface area contributed by atoms with Crippen molar-refractivity contribution >= 4 is 21.6 Å². The lowest BCUT2D eigenvalue weighted by molar-refractivity contribution is 0.168. The Balaban J connectivity index is 2.01. The number of hydrogen-bond donors (Lipinski definition) is 0. The van der Waals surface area contributed by atoms with Crippen molar-refractivity contribution in [2.24, 2.45) is 4.99 Å². The minimum Gasteiger partial charge on any atom is -0.492 e. The number of hydrogen-bond acceptors (Lipinski definition) is 5. The van der Waals surface area contributed by atoms with E-state index < -0.39 is 0 Å². The van der Waals surface area contributed by atoms with E-state index in [1.54, 1.807) is 14.2 Å². The van der Waals surface area contributed by atoms with Crippen LogP contribution in [0.15, 0.2) is 33.7 Å². The molecule has 130 valence electrons. The third kappa shape index (κ3) is 2.56. The predicted molar refractivity (Wildman–Crippen MR) is 98.6 cm³/mol. The zero-order valence-corrected chi connectivity index (χ0v) is 15.8. The maximum Gasteiger partial charge on any atom is 0.231 e. The molecule has 2 aliphatic heterocycles. The smallest absolute Gasteiger partial charge is 0.231 e. The summed E-state index contributed by atoms with van der Waals surface area (Å²) in [5.74, 6) is 2.55. The molecule has 2 aromatic carbocycles. The maximum atomic E-state index is 5.72. The van der Waals surface area contributed by atoms with E-state index in [4.69, 9.17) is 23.9 Å². The Kier molecular flexibility index (Phi) is 4.07. The van der Waals surface area contributed by atoms with Crippen molar-refractivity contribution in [3.05, 3.63) is 45.4 Å². The van der Waals surface area contributed by atoms with Gasteiger partial charge in [0, 0.05) is 15.6 Å². The SMILES string of the molecule is COc1c2c(c(OC)c3c1OCO3)C(c1ccc(Br)cc1)=N[C@@H](C)C2. The lowest BCUT2D eigenvalue weighted by atomic mass is 9.88. The quantitative estimate of drug-likeness (QED) is 0.777. The second-order valence-corrected chi connectivity index (χ2v) is 6.94. The molecule has 0 unspecified atom stereocenters. The molecule has 2 heterocycles. The highest BCUT2D eigenvalue weighted by Gasteiger charge is 2.36. The molecule has 0 N–H and O–H groups in total. The average molecular weight is 404 g/mol. The number of nitrogens with zero attached hydrogens (tertiary/aromatic N) is 1. The number of benzene rings is 2. The molecule has 0 aromatic heterocycles. The molecule has 0 amide bonds. The molecule has 0 radical (unpaired) electrons. The van der Waals surface area contributed by atoms with Gasteiger partial charge < -0.3 is 18.9 Å². The number of methoxy groups -OCH3 is 2. The molecule has 2 aromatic rings. The van der Waals surface area contributed by atoms with Gasteiger partial charge in [0.25, 0.3) is 0 Å². The van der Waals surface area contributed by atoms with Crippen LogP contribution in [0.4, 0.5) is 0 Å². The van der Waals surface area contributed by atoms with Crippen LogP contribution in [0.3, 0.4) is 0 Å². The van der Waals surface area contributed by atoms with Crippen molar-refractivity contribution in [1.29, 1.82) is 0 Å². The molecular weight excluding hydrogens is 386 g/mol. The van der Waals surface area contributed by atoms with Crippen molar-refractivity contribution in [3.8, 4) is 23.0 Å². The molecule has 2 aliphatic rings. The summed E-state index contributed by atoms with van der Waals surface area (Å²) in [6.07, 6.45) is 0.755. The highest BCUT2D eigenvalue weighted by Crippen LogP contribution is 2.53. The van der Waals surface area contributed by atoms with Gasteiger partial charge in [0.1, 0.15) is 0 Å². The van der Waals surface area contributed by atoms with Gasteiger partial charge in [-0.25, -0.2) is 0 Å². The molecule has 0 saturated carbocycles. The zero-order chi connectivity index (χ0) is 17.6. The first-order valence-corrected chi connectivity index (χ1v) is 8.83. The monoisotopic (exact) mass is 403 g/mol. The number of halogens is 1. The largest absolute Gasteiger partial charge is 0.492 e. The highest BCUT2D eigenvalue weighted by molar-refractivity contribution is 9.10. The van der Waals surface area contributed by atoms with Gasteiger partial charge in [-0.3, -0.25) is 4.99 Å². The van der Waals surface area contributed by atoms with Gasteiger partial charge in [0.15, 0.2) is 11.5 Å². The van der Waals surface area contributed by atoms with Gasteiger partial charge in [0.05, 0.1) is 31.5 Å². The van der Waals surface area contributed by atoms with E-state index in [1.165, 1.54) is 0 Å². The molecule has 0 aliphatic carbocycles. The predicted octanol–water partition coefficient (Wildman–Crippen LogP) is 3.98. The van der Waals surface area contributed by atoms with Gasteiger partial charge in [-0.2, -0.15) is 0 Å². The highest BCUT2D eigenvalue weighted by atomic mass is 79.9. The van der Waals surface area contributed by atoms with Crippen molar-refractivity contribution in [3.63, 3.8) is 0 Å². The Hall–Kier alpha value is -2.21. The summed E-state index contributed by atoms with van der Waals surface area (Å²) < 4.78 is 23.7. The summed E-state index contributed by atoms with van der Waals surface area (Å²) in [6.45, 7) is 2.25. The van der Waals surface area contributed by atoms with Crippen molar-refractivity contribution < 1.29 is 18.9 Å². The lowest BCUT2D eigenvalue weighted by Gasteiger charge is -2.26. The summed E-state index contributed by atoms with van der Waals surface area (Å²) in [7, 11) is 3.29. The van der Waals surface area contributed by atoms with E-state index in [0.717, 1.165) is 33.3 Å². The van der Waals surface area contributed by atoms with E-state index in [1.807, 2.05) is 24.3 Å². The number of ether oxygens (including phenoxy) is 4. The van der Waals surface area contributed by atoms with Gasteiger partial charge in [-0.1, -0.05) is 28.1 Å². The normalized spacial score (nSPS) is 17.8. The second-order valence-electron chi connectivity index (χ2n) is 6.02. The summed E-state index contributed by atoms with van der Waals surface area (Å²) in [6, 6.07) is 8.23. The van der Waals surface area contributed by atoms with E-state index in [-0.39, 0.29) is 12.8 Å². The van der Waals surface area contributed by atoms with Crippen LogP contribution in [0.5, 0.6) is 23.0 Å². The number of fused-ring (bicyclic) bond motifs is 2. The molecule has 6 heteroatoms. The number of rotatable bonds is 3. The Morgan fingerprint density at radius 1 is 1.04 bits per heavy atom. The Morgan fingerprint density at radius 3 is 2.32 bits per heavy atom. The van der Waals surface area contributed by atoms with Crippen molar-refractivity contribution in [1.82, 2.24) is 0 Å². The topological polar surface area (TPSA) is 49.3 Å². The van der Waals surface area contributed by atoms with E-state index >= 15 is 0 Å². The Morgan fingerprint density at radius 2 is 1.68 bits per heavy atom. The lowest BCUT2D eigenvalue weighted by Crippen LogP contribution is -2.21. The fourth-order valence-electron chi connectivity index (χ4n) is 3.43. The first kappa shape index (κ1) is 16.3. The third-order valence-corrected chi connectivity index (χ3v) is 4.97. The minimum atomic E-state index is 0.130. The Bertz CT molecular complexity index is 861. The molecule has 0 saturated heterocycles. The molecule has 0 spiro atoms. The van der Waals surface area contributed by atoms with E-state index in [0.29, 0.717) is 23.0 Å². The van der Waals surface area contributed by atoms with Crippen molar-refractivity contribution in [2.75, 3.05) is 21.0 Å². The van der Waals surface area contributed by atoms with E-state index in [2.05, 4.69) is 22.9 Å². The zero-order valence-electron chi connectivity index (χ0n) is 14.3. The molecule has 1 atom stereocenters. The summed E-state index contributed by atoms with van der Waals surface area (Å²) >= 11 is 3.48. The molecule has 25 heavy (non-hydrogen) atoms. The minimum absolute atomic E-state index is 0.130. The van der Waals surface area contributed by atoms with Crippen LogP contribution in [-0.4, -0.2) is 32.8 Å². The van der Waals surface area contributed by atoms with Crippen LogP contribution in [0.2, 0.25) is 0 Å². The van der Waals surface area contributed by atoms with Crippen molar-refractivity contribution in [2.45, 2.75) is 19.4 Å². The fraction of sp³-hybridized carbons (Fsp3) is 0.316. The second kappa shape index (κ2) is 6.26. The van der Waals surface area contributed by atoms with Gasteiger partial charge in [-0.15, -0.1) is 0 Å². The van der Waals surface area contributed by atoms with Gasteiger partial charge >= 0.3 is 0 Å². The standard InChI is InChI=1S/C19H18BrNO4/c1-10-8-13-14(15(21-10)11-4-6-12(20)7-5-11)17(23-3)19-18(16(13)22-2)24-9-25-19/h4-7,10H,8-9H2,1-3H3/t10-/m0/s1. The first-order chi connectivity index (χ1) is 12.1. The van der Waals surface area contributed by atoms with Crippen LogP contribution in [-0.2, 0) is 6.42 Å². The van der Waals surface area contributed by atoms with E-state index in [9.17, 15) is 0 Å². The van der Waals surface area contributed by atoms with Crippen LogP contribution in [0, 0.1) is 0 Å². The average Bonchev–Trinajstić information content (AvgIpc) is 3.09. The van der Waals surface area contributed by atoms with Crippen LogP contribution in [0.1, 0.15) is 23.6 Å². The fourth-order valence-corrected chi connectivity index (χ4v) is 3.69. The van der Waals surface area contributed by atoms with Crippen LogP contribution in [0.25, 0.3) is 0 Å². The summed E-state index contributed by atoms with van der Waals surface area (Å²) in [5, 5.41) is 0. The molecule has 0 fully saturated rings. The molecule has 0 bridgehead atoms. The summed E-state index contributed by atoms with van der Waals surface area (Å²) in [5.41, 5.74) is 3.87. The molecular formula is C19H18BrNO4. The molecule has 4 rings (SSSR count).